The van der Waals surface area contributed by atoms with Gasteiger partial charge in [-0.2, -0.15) is 0 Å². The number of benzene rings is 2. The van der Waals surface area contributed by atoms with Gasteiger partial charge in [0.1, 0.15) is 0 Å². The molecule has 1 saturated carbocycles. The first kappa shape index (κ1) is 23.8. The van der Waals surface area contributed by atoms with E-state index < -0.39 is 0 Å². The third-order valence-electron chi connectivity index (χ3n) is 7.27. The van der Waals surface area contributed by atoms with E-state index in [9.17, 15) is 0 Å². The molecule has 2 aromatic carbocycles. The van der Waals surface area contributed by atoms with E-state index >= 15 is 0 Å². The fourth-order valence-corrected chi connectivity index (χ4v) is 5.08. The lowest BCUT2D eigenvalue weighted by molar-refractivity contribution is 0.109. The van der Waals surface area contributed by atoms with Gasteiger partial charge < -0.3 is 4.74 Å². The van der Waals surface area contributed by atoms with E-state index in [1.165, 1.54) is 80.0 Å². The topological polar surface area (TPSA) is 9.23 Å². The number of aryl methyl sites for hydroxylation is 2. The molecule has 31 heavy (non-hydrogen) atoms. The van der Waals surface area contributed by atoms with Crippen molar-refractivity contribution in [1.29, 1.82) is 0 Å². The minimum Gasteiger partial charge on any atom is -0.382 e. The summed E-state index contributed by atoms with van der Waals surface area (Å²) >= 11 is 0. The van der Waals surface area contributed by atoms with Crippen LogP contribution in [0.2, 0.25) is 0 Å². The van der Waals surface area contributed by atoms with Crippen molar-refractivity contribution in [2.45, 2.75) is 83.7 Å². The minimum absolute atomic E-state index is 0.338. The van der Waals surface area contributed by atoms with Gasteiger partial charge in [0.2, 0.25) is 0 Å². The number of unbranched alkanes of at least 4 members (excludes halogenated alkanes) is 1. The number of allylic oxidation sites excluding steroid dienone is 1. The van der Waals surface area contributed by atoms with Gasteiger partial charge in [0.25, 0.3) is 0 Å². The molecule has 1 aliphatic carbocycles. The maximum atomic E-state index is 5.45. The van der Waals surface area contributed by atoms with Gasteiger partial charge in [-0.05, 0) is 98.8 Å². The molecular formula is C30H42O. The fraction of sp³-hybridized carbons (Fsp3) is 0.533. The van der Waals surface area contributed by atoms with Crippen LogP contribution in [0, 0.1) is 11.8 Å². The number of hydrogen-bond donors (Lipinski definition) is 0. The van der Waals surface area contributed by atoms with E-state index in [4.69, 9.17) is 4.74 Å². The molecule has 1 nitrogen and oxygen atoms in total. The van der Waals surface area contributed by atoms with Crippen LogP contribution in [0.3, 0.4) is 0 Å². The van der Waals surface area contributed by atoms with Crippen LogP contribution in [-0.4, -0.2) is 13.2 Å². The predicted molar refractivity (Wildman–Crippen MR) is 134 cm³/mol. The zero-order chi connectivity index (χ0) is 21.9. The standard InChI is InChI=1S/C30H42O/c1-4-25-17-19-26(20-18-25)12-8-9-13-27-21-22-30(28-14-6-5-7-15-28)29(23-27)16-10-11-24(2)31-3/h4-7,14-15,21-26H,1,8-13,16-20H2,2-3H3. The molecule has 0 radical (unpaired) electrons. The van der Waals surface area contributed by atoms with Crippen molar-refractivity contribution in [1.82, 2.24) is 0 Å². The highest BCUT2D eigenvalue weighted by Gasteiger charge is 2.18. The second kappa shape index (κ2) is 12.9. The predicted octanol–water partition coefficient (Wildman–Crippen LogP) is 8.42. The van der Waals surface area contributed by atoms with E-state index in [-0.39, 0.29) is 0 Å². The van der Waals surface area contributed by atoms with Gasteiger partial charge in [-0.3, -0.25) is 0 Å². The lowest BCUT2D eigenvalue weighted by Gasteiger charge is -2.26. The summed E-state index contributed by atoms with van der Waals surface area (Å²) in [5.74, 6) is 1.74. The van der Waals surface area contributed by atoms with Crippen LogP contribution in [0.5, 0.6) is 0 Å². The molecule has 168 valence electrons. The van der Waals surface area contributed by atoms with Gasteiger partial charge in [0.05, 0.1) is 6.10 Å². The van der Waals surface area contributed by atoms with Crippen molar-refractivity contribution in [3.05, 3.63) is 72.3 Å². The zero-order valence-electron chi connectivity index (χ0n) is 19.8. The molecule has 0 aliphatic heterocycles. The quantitative estimate of drug-likeness (QED) is 0.248. The summed E-state index contributed by atoms with van der Waals surface area (Å²) in [6, 6.07) is 18.0. The van der Waals surface area contributed by atoms with Crippen molar-refractivity contribution >= 4 is 0 Å². The first-order chi connectivity index (χ1) is 15.2. The Balaban J connectivity index is 1.55. The monoisotopic (exact) mass is 418 g/mol. The number of rotatable bonds is 12. The van der Waals surface area contributed by atoms with E-state index in [0.29, 0.717) is 6.10 Å². The Labute approximate surface area is 190 Å². The molecule has 0 aromatic heterocycles. The molecule has 0 saturated heterocycles. The molecule has 0 spiro atoms. The molecule has 0 amide bonds. The highest BCUT2D eigenvalue weighted by molar-refractivity contribution is 5.67. The second-order valence-electron chi connectivity index (χ2n) is 9.56. The average Bonchev–Trinajstić information content (AvgIpc) is 2.83. The summed E-state index contributed by atoms with van der Waals surface area (Å²) in [5.41, 5.74) is 5.73. The number of hydrogen-bond acceptors (Lipinski definition) is 1. The molecule has 1 unspecified atom stereocenters. The maximum absolute atomic E-state index is 5.45. The summed E-state index contributed by atoms with van der Waals surface area (Å²) in [6.07, 6.45) is 16.8. The van der Waals surface area contributed by atoms with Crippen molar-refractivity contribution in [2.75, 3.05) is 7.11 Å². The summed E-state index contributed by atoms with van der Waals surface area (Å²) in [4.78, 5) is 0. The Kier molecular flexibility index (Phi) is 9.87. The van der Waals surface area contributed by atoms with Gasteiger partial charge in [-0.15, -0.1) is 6.58 Å². The van der Waals surface area contributed by atoms with Gasteiger partial charge in [0, 0.05) is 7.11 Å². The van der Waals surface area contributed by atoms with E-state index in [1.54, 1.807) is 0 Å². The van der Waals surface area contributed by atoms with Gasteiger partial charge in [0.15, 0.2) is 0 Å². The Morgan fingerprint density at radius 1 is 0.968 bits per heavy atom. The van der Waals surface area contributed by atoms with Crippen LogP contribution in [0.1, 0.15) is 75.8 Å². The van der Waals surface area contributed by atoms with Crippen LogP contribution in [0.4, 0.5) is 0 Å². The van der Waals surface area contributed by atoms with Crippen molar-refractivity contribution in [2.24, 2.45) is 11.8 Å². The van der Waals surface area contributed by atoms with Crippen LogP contribution >= 0.6 is 0 Å². The Morgan fingerprint density at radius 2 is 1.74 bits per heavy atom. The third-order valence-corrected chi connectivity index (χ3v) is 7.27. The molecule has 1 heteroatoms. The SMILES string of the molecule is C=CC1CCC(CCCCc2ccc(-c3ccccc3)c(CCCC(C)OC)c2)CC1. The van der Waals surface area contributed by atoms with Gasteiger partial charge in [-0.1, -0.05) is 67.4 Å². The summed E-state index contributed by atoms with van der Waals surface area (Å²) in [6.45, 7) is 6.14. The second-order valence-corrected chi connectivity index (χ2v) is 9.56. The highest BCUT2D eigenvalue weighted by Crippen LogP contribution is 2.32. The summed E-state index contributed by atoms with van der Waals surface area (Å²) in [5, 5.41) is 0. The summed E-state index contributed by atoms with van der Waals surface area (Å²) < 4.78 is 5.45. The molecule has 0 N–H and O–H groups in total. The van der Waals surface area contributed by atoms with E-state index in [0.717, 1.165) is 24.7 Å². The van der Waals surface area contributed by atoms with Crippen LogP contribution in [0.25, 0.3) is 11.1 Å². The van der Waals surface area contributed by atoms with Gasteiger partial charge >= 0.3 is 0 Å². The fourth-order valence-electron chi connectivity index (χ4n) is 5.08. The first-order valence-corrected chi connectivity index (χ1v) is 12.5. The van der Waals surface area contributed by atoms with Gasteiger partial charge in [-0.25, -0.2) is 0 Å². The molecule has 1 aliphatic rings. The van der Waals surface area contributed by atoms with E-state index in [2.05, 4.69) is 68.1 Å². The normalized spacial score (nSPS) is 19.8. The maximum Gasteiger partial charge on any atom is 0.0543 e. The molecular weight excluding hydrogens is 376 g/mol. The van der Waals surface area contributed by atoms with Crippen molar-refractivity contribution in [3.8, 4) is 11.1 Å². The largest absolute Gasteiger partial charge is 0.382 e. The molecule has 0 heterocycles. The Bertz CT molecular complexity index is 770. The molecule has 0 bridgehead atoms. The average molecular weight is 419 g/mol. The zero-order valence-corrected chi connectivity index (χ0v) is 19.8. The third kappa shape index (κ3) is 7.65. The molecule has 2 aromatic rings. The molecule has 3 rings (SSSR count). The first-order valence-electron chi connectivity index (χ1n) is 12.5. The minimum atomic E-state index is 0.338. The van der Waals surface area contributed by atoms with Crippen LogP contribution in [-0.2, 0) is 17.6 Å². The highest BCUT2D eigenvalue weighted by atomic mass is 16.5. The van der Waals surface area contributed by atoms with Crippen molar-refractivity contribution in [3.63, 3.8) is 0 Å². The number of ether oxygens (including phenoxy) is 1. The van der Waals surface area contributed by atoms with Crippen molar-refractivity contribution < 1.29 is 4.74 Å². The lowest BCUT2D eigenvalue weighted by atomic mass is 9.80. The molecule has 1 atom stereocenters. The molecule has 1 fully saturated rings. The van der Waals surface area contributed by atoms with Crippen LogP contribution < -0.4 is 0 Å². The van der Waals surface area contributed by atoms with Crippen LogP contribution in [0.15, 0.2) is 61.2 Å². The number of methoxy groups -OCH3 is 1. The summed E-state index contributed by atoms with van der Waals surface area (Å²) in [7, 11) is 1.81. The Morgan fingerprint density at radius 3 is 2.45 bits per heavy atom. The lowest BCUT2D eigenvalue weighted by Crippen LogP contribution is -2.12. The van der Waals surface area contributed by atoms with E-state index in [1.807, 2.05) is 7.11 Å². The smallest absolute Gasteiger partial charge is 0.0543 e. The Hall–Kier alpha value is -1.86.